The molecule has 1 amide bonds. The summed E-state index contributed by atoms with van der Waals surface area (Å²) in [6.45, 7) is 1.68. The molecule has 0 bridgehead atoms. The predicted molar refractivity (Wildman–Crippen MR) is 100 cm³/mol. The van der Waals surface area contributed by atoms with Gasteiger partial charge in [-0.3, -0.25) is 9.59 Å². The molecule has 0 aliphatic carbocycles. The highest BCUT2D eigenvalue weighted by molar-refractivity contribution is 6.05. The van der Waals surface area contributed by atoms with Crippen molar-refractivity contribution in [3.63, 3.8) is 0 Å². The van der Waals surface area contributed by atoms with Gasteiger partial charge in [-0.25, -0.2) is 4.39 Å². The second-order valence-electron chi connectivity index (χ2n) is 6.41. The number of carbonyl (C=O) groups is 1. The van der Waals surface area contributed by atoms with E-state index in [0.29, 0.717) is 16.9 Å². The largest absolute Gasteiger partial charge is 0.369 e. The normalized spacial score (nSPS) is 14.0. The van der Waals surface area contributed by atoms with E-state index in [-0.39, 0.29) is 11.4 Å². The summed E-state index contributed by atoms with van der Waals surface area (Å²) >= 11 is 0. The molecule has 4 rings (SSSR count). The van der Waals surface area contributed by atoms with Crippen LogP contribution >= 0.6 is 0 Å². The Labute approximate surface area is 149 Å². The molecule has 0 saturated carbocycles. The second kappa shape index (κ2) is 6.63. The van der Waals surface area contributed by atoms with Gasteiger partial charge in [-0.05, 0) is 48.6 Å². The molecule has 3 aromatic rings. The number of fused-ring (bicyclic) bond motifs is 1. The Bertz CT molecular complexity index is 1040. The third-order valence-corrected chi connectivity index (χ3v) is 4.65. The molecule has 1 fully saturated rings. The molecule has 0 unspecified atom stereocenters. The van der Waals surface area contributed by atoms with Crippen LogP contribution < -0.4 is 15.8 Å². The van der Waals surface area contributed by atoms with Crippen LogP contribution in [0, 0.1) is 5.82 Å². The van der Waals surface area contributed by atoms with E-state index in [9.17, 15) is 14.0 Å². The minimum Gasteiger partial charge on any atom is -0.369 e. The molecule has 1 aliphatic rings. The number of benzene rings is 2. The van der Waals surface area contributed by atoms with E-state index in [1.165, 1.54) is 6.07 Å². The highest BCUT2D eigenvalue weighted by Gasteiger charge is 2.17. The van der Waals surface area contributed by atoms with E-state index >= 15 is 0 Å². The van der Waals surface area contributed by atoms with Crippen molar-refractivity contribution in [2.75, 3.05) is 23.3 Å². The highest BCUT2D eigenvalue weighted by atomic mass is 19.1. The number of nitrogens with one attached hydrogen (secondary N) is 2. The van der Waals surface area contributed by atoms with Gasteiger partial charge in [0.15, 0.2) is 0 Å². The van der Waals surface area contributed by atoms with Crippen molar-refractivity contribution in [3.8, 4) is 0 Å². The number of carbonyl (C=O) groups excluding carboxylic acids is 1. The molecule has 6 heteroatoms. The molecule has 132 valence electrons. The third kappa shape index (κ3) is 3.06. The molecule has 0 spiro atoms. The van der Waals surface area contributed by atoms with Gasteiger partial charge in [-0.1, -0.05) is 18.2 Å². The number of nitrogens with zero attached hydrogens (tertiary/aromatic N) is 1. The molecule has 0 radical (unpaired) electrons. The van der Waals surface area contributed by atoms with E-state index in [1.807, 2.05) is 23.1 Å². The number of aromatic amines is 1. The summed E-state index contributed by atoms with van der Waals surface area (Å²) in [5.74, 6) is -0.942. The van der Waals surface area contributed by atoms with Gasteiger partial charge in [0.25, 0.3) is 11.5 Å². The molecular formula is C20H18FN3O2. The number of aromatic nitrogens is 1. The van der Waals surface area contributed by atoms with Gasteiger partial charge >= 0.3 is 0 Å². The molecule has 2 N–H and O–H groups in total. The average Bonchev–Trinajstić information content (AvgIpc) is 3.15. The van der Waals surface area contributed by atoms with Crippen LogP contribution in [-0.4, -0.2) is 24.0 Å². The fraction of sp³-hybridized carbons (Fsp3) is 0.200. The van der Waals surface area contributed by atoms with Crippen LogP contribution in [0.2, 0.25) is 0 Å². The molecule has 2 heterocycles. The molecule has 1 aromatic heterocycles. The zero-order chi connectivity index (χ0) is 18.1. The van der Waals surface area contributed by atoms with E-state index in [1.54, 1.807) is 24.3 Å². The van der Waals surface area contributed by atoms with Crippen molar-refractivity contribution >= 4 is 28.2 Å². The van der Waals surface area contributed by atoms with Crippen molar-refractivity contribution in [3.05, 3.63) is 70.3 Å². The van der Waals surface area contributed by atoms with Gasteiger partial charge in [0, 0.05) is 24.3 Å². The van der Waals surface area contributed by atoms with Crippen LogP contribution in [0.1, 0.15) is 23.2 Å². The summed E-state index contributed by atoms with van der Waals surface area (Å²) in [5.41, 5.74) is 1.05. The van der Waals surface area contributed by atoms with Gasteiger partial charge in [0.1, 0.15) is 11.4 Å². The number of halogens is 1. The second-order valence-corrected chi connectivity index (χ2v) is 6.41. The summed E-state index contributed by atoms with van der Waals surface area (Å²) in [6, 6.07) is 13.4. The molecule has 2 aromatic carbocycles. The van der Waals surface area contributed by atoms with Gasteiger partial charge < -0.3 is 15.2 Å². The summed E-state index contributed by atoms with van der Waals surface area (Å²) in [4.78, 5) is 29.3. The van der Waals surface area contributed by atoms with Crippen molar-refractivity contribution < 1.29 is 9.18 Å². The first-order valence-corrected chi connectivity index (χ1v) is 8.60. The Balaban J connectivity index is 1.59. The Morgan fingerprint density at radius 1 is 1.08 bits per heavy atom. The summed E-state index contributed by atoms with van der Waals surface area (Å²) in [7, 11) is 0. The number of rotatable bonds is 3. The topological polar surface area (TPSA) is 65.2 Å². The molecule has 0 atom stereocenters. The minimum atomic E-state index is -0.565. The van der Waals surface area contributed by atoms with E-state index in [2.05, 4.69) is 10.3 Å². The van der Waals surface area contributed by atoms with Crippen molar-refractivity contribution in [2.45, 2.75) is 12.8 Å². The predicted octanol–water partition coefficient (Wildman–Crippen LogP) is 3.52. The molecule has 5 nitrogen and oxygen atoms in total. The maximum Gasteiger partial charge on any atom is 0.261 e. The van der Waals surface area contributed by atoms with Crippen LogP contribution in [0.15, 0.2) is 53.3 Å². The Morgan fingerprint density at radius 2 is 1.85 bits per heavy atom. The first kappa shape index (κ1) is 16.3. The lowest BCUT2D eigenvalue weighted by Gasteiger charge is -2.18. The lowest BCUT2D eigenvalue weighted by molar-refractivity contribution is 0.102. The number of amides is 1. The molecule has 26 heavy (non-hydrogen) atoms. The number of hydrogen-bond donors (Lipinski definition) is 2. The van der Waals surface area contributed by atoms with Crippen LogP contribution in [0.4, 0.5) is 15.8 Å². The zero-order valence-electron chi connectivity index (χ0n) is 14.1. The van der Waals surface area contributed by atoms with Gasteiger partial charge in [0.05, 0.1) is 5.69 Å². The maximum absolute atomic E-state index is 14.4. The number of pyridine rings is 1. The minimum absolute atomic E-state index is 0.00673. The first-order valence-electron chi connectivity index (χ1n) is 8.60. The zero-order valence-corrected chi connectivity index (χ0v) is 14.1. The lowest BCUT2D eigenvalue weighted by Crippen LogP contribution is -2.23. The number of hydrogen-bond acceptors (Lipinski definition) is 3. The molecule has 1 saturated heterocycles. The van der Waals surface area contributed by atoms with Crippen LogP contribution in [0.5, 0.6) is 0 Å². The Kier molecular flexibility index (Phi) is 4.16. The molecular weight excluding hydrogens is 333 g/mol. The number of anilines is 2. The maximum atomic E-state index is 14.4. The number of para-hydroxylation sites is 1. The fourth-order valence-corrected chi connectivity index (χ4v) is 3.31. The Hall–Kier alpha value is -3.15. The smallest absolute Gasteiger partial charge is 0.261 e. The lowest BCUT2D eigenvalue weighted by atomic mass is 10.1. The first-order chi connectivity index (χ1) is 12.6. The van der Waals surface area contributed by atoms with E-state index in [0.717, 1.165) is 31.3 Å². The van der Waals surface area contributed by atoms with Crippen LogP contribution in [0.3, 0.4) is 0 Å². The molecule has 1 aliphatic heterocycles. The highest BCUT2D eigenvalue weighted by Crippen LogP contribution is 2.26. The van der Waals surface area contributed by atoms with Crippen molar-refractivity contribution in [1.29, 1.82) is 0 Å². The summed E-state index contributed by atoms with van der Waals surface area (Å²) in [6.07, 6.45) is 2.12. The average molecular weight is 351 g/mol. The van der Waals surface area contributed by atoms with Crippen LogP contribution in [-0.2, 0) is 0 Å². The monoisotopic (exact) mass is 351 g/mol. The Morgan fingerprint density at radius 3 is 2.62 bits per heavy atom. The third-order valence-electron chi connectivity index (χ3n) is 4.65. The van der Waals surface area contributed by atoms with Gasteiger partial charge in [-0.15, -0.1) is 0 Å². The van der Waals surface area contributed by atoms with Crippen LogP contribution in [0.25, 0.3) is 10.9 Å². The summed E-state index contributed by atoms with van der Waals surface area (Å²) in [5, 5.41) is 3.36. The van der Waals surface area contributed by atoms with Crippen molar-refractivity contribution in [1.82, 2.24) is 4.98 Å². The van der Waals surface area contributed by atoms with E-state index < -0.39 is 11.5 Å². The number of H-pyrrole nitrogens is 1. The van der Waals surface area contributed by atoms with Gasteiger partial charge in [-0.2, -0.15) is 0 Å². The standard InChI is InChI=1S/C20H18FN3O2/c21-16-12-14(7-8-18(16)24-9-3-4-10-24)22-19(25)15-11-13-5-1-2-6-17(13)23-20(15)26/h1-2,5-8,11-12H,3-4,9-10H2,(H,22,25)(H,23,26). The van der Waals surface area contributed by atoms with Crippen molar-refractivity contribution in [2.24, 2.45) is 0 Å². The van der Waals surface area contributed by atoms with Gasteiger partial charge in [0.2, 0.25) is 0 Å². The summed E-state index contributed by atoms with van der Waals surface area (Å²) < 4.78 is 14.4. The quantitative estimate of drug-likeness (QED) is 0.759. The fourth-order valence-electron chi connectivity index (χ4n) is 3.31. The van der Waals surface area contributed by atoms with E-state index in [4.69, 9.17) is 0 Å². The SMILES string of the molecule is O=C(Nc1ccc(N2CCCC2)c(F)c1)c1cc2ccccc2[nH]c1=O.